The van der Waals surface area contributed by atoms with Gasteiger partial charge in [-0.1, -0.05) is 47.1 Å². The van der Waals surface area contributed by atoms with E-state index < -0.39 is 5.97 Å². The maximum absolute atomic E-state index is 12.7. The summed E-state index contributed by atoms with van der Waals surface area (Å²) in [6.07, 6.45) is 0. The number of rotatable bonds is 7. The molecule has 0 atom stereocenters. The number of aryl methyl sites for hydroxylation is 1. The van der Waals surface area contributed by atoms with Gasteiger partial charge in [-0.15, -0.1) is 23.1 Å². The molecule has 6 nitrogen and oxygen atoms in total. The fraction of sp³-hybridized carbons (Fsp3) is 0.143. The van der Waals surface area contributed by atoms with Crippen LogP contribution in [-0.2, 0) is 17.1 Å². The monoisotopic (exact) mass is 457 g/mol. The first kappa shape index (κ1) is 20.6. The van der Waals surface area contributed by atoms with Gasteiger partial charge in [0.1, 0.15) is 11.6 Å². The quantitative estimate of drug-likeness (QED) is 0.256. The van der Waals surface area contributed by atoms with Gasteiger partial charge in [-0.05, 0) is 25.1 Å². The van der Waals surface area contributed by atoms with Gasteiger partial charge in [-0.25, -0.2) is 9.78 Å². The minimum absolute atomic E-state index is 0.0850. The van der Waals surface area contributed by atoms with E-state index in [9.17, 15) is 4.79 Å². The maximum atomic E-state index is 12.7. The number of thioether (sulfide) groups is 1. The van der Waals surface area contributed by atoms with Crippen LogP contribution >= 0.6 is 34.7 Å². The number of ether oxygens (including phenoxy) is 1. The van der Waals surface area contributed by atoms with Crippen molar-refractivity contribution < 1.29 is 14.1 Å². The summed E-state index contributed by atoms with van der Waals surface area (Å²) >= 11 is 9.13. The molecule has 0 aliphatic heterocycles. The van der Waals surface area contributed by atoms with Crippen LogP contribution in [0.5, 0.6) is 0 Å². The van der Waals surface area contributed by atoms with Crippen molar-refractivity contribution in [3.8, 4) is 10.6 Å². The Morgan fingerprint density at radius 3 is 2.77 bits per heavy atom. The van der Waals surface area contributed by atoms with E-state index in [4.69, 9.17) is 20.9 Å². The van der Waals surface area contributed by atoms with Gasteiger partial charge in [0.25, 0.3) is 0 Å². The number of hydrogen-bond acceptors (Lipinski definition) is 8. The molecule has 0 saturated heterocycles. The predicted octanol–water partition coefficient (Wildman–Crippen LogP) is 5.80. The molecule has 2 aromatic heterocycles. The smallest absolute Gasteiger partial charge is 0.339 e. The molecule has 0 saturated carbocycles. The highest BCUT2D eigenvalue weighted by atomic mass is 35.5. The molecule has 0 aliphatic rings. The Balaban J connectivity index is 1.40. The van der Waals surface area contributed by atoms with Crippen molar-refractivity contribution in [1.29, 1.82) is 0 Å². The largest absolute Gasteiger partial charge is 0.456 e. The third-order valence-corrected chi connectivity index (χ3v) is 6.35. The van der Waals surface area contributed by atoms with Crippen molar-refractivity contribution in [3.63, 3.8) is 0 Å². The van der Waals surface area contributed by atoms with Crippen LogP contribution in [-0.4, -0.2) is 21.1 Å². The zero-order valence-electron chi connectivity index (χ0n) is 15.9. The van der Waals surface area contributed by atoms with Gasteiger partial charge in [-0.3, -0.25) is 0 Å². The first-order valence-corrected chi connectivity index (χ1v) is 11.2. The fourth-order valence-corrected chi connectivity index (χ4v) is 4.65. The first-order chi connectivity index (χ1) is 14.6. The lowest BCUT2D eigenvalue weighted by Crippen LogP contribution is -2.07. The van der Waals surface area contributed by atoms with Crippen LogP contribution in [0.2, 0.25) is 5.02 Å². The molecule has 4 rings (SSSR count). The molecule has 0 amide bonds. The summed E-state index contributed by atoms with van der Waals surface area (Å²) in [5.74, 6) is 1.15. The van der Waals surface area contributed by atoms with E-state index in [1.807, 2.05) is 41.8 Å². The molecule has 0 fully saturated rings. The van der Waals surface area contributed by atoms with Crippen LogP contribution in [0.15, 0.2) is 63.3 Å². The molecule has 4 aromatic rings. The van der Waals surface area contributed by atoms with Crippen molar-refractivity contribution in [1.82, 2.24) is 15.1 Å². The minimum Gasteiger partial charge on any atom is -0.456 e. The van der Waals surface area contributed by atoms with Crippen molar-refractivity contribution in [3.05, 3.63) is 81.9 Å². The Labute approximate surface area is 186 Å². The molecular formula is C21H16ClN3O3S2. The number of esters is 1. The van der Waals surface area contributed by atoms with Crippen LogP contribution in [0, 0.1) is 6.92 Å². The first-order valence-electron chi connectivity index (χ1n) is 8.97. The van der Waals surface area contributed by atoms with E-state index in [-0.39, 0.29) is 6.61 Å². The second-order valence-corrected chi connectivity index (χ2v) is 8.50. The maximum Gasteiger partial charge on any atom is 0.339 e. The molecule has 0 aliphatic carbocycles. The number of hydrogen-bond donors (Lipinski definition) is 0. The minimum atomic E-state index is -0.410. The Morgan fingerprint density at radius 2 is 1.97 bits per heavy atom. The second kappa shape index (κ2) is 9.42. The molecule has 0 unspecified atom stereocenters. The molecule has 0 spiro atoms. The molecular weight excluding hydrogens is 442 g/mol. The second-order valence-electron chi connectivity index (χ2n) is 6.22. The number of thiazole rings is 1. The standard InChI is InChI=1S/C21H16ClN3O3S2/c1-13-23-19(28-25-13)12-29-18-9-5-3-7-16(18)21(26)27-10-14-11-30-20(24-14)15-6-2-4-8-17(15)22/h2-9,11H,10,12H2,1H3. The van der Waals surface area contributed by atoms with E-state index in [0.717, 1.165) is 15.5 Å². The van der Waals surface area contributed by atoms with Crippen LogP contribution in [0.3, 0.4) is 0 Å². The van der Waals surface area contributed by atoms with Gasteiger partial charge in [0.15, 0.2) is 5.82 Å². The topological polar surface area (TPSA) is 78.1 Å². The lowest BCUT2D eigenvalue weighted by atomic mass is 10.2. The number of benzene rings is 2. The molecule has 30 heavy (non-hydrogen) atoms. The van der Waals surface area contributed by atoms with Gasteiger partial charge < -0.3 is 9.26 Å². The average Bonchev–Trinajstić information content (AvgIpc) is 3.40. The fourth-order valence-electron chi connectivity index (χ4n) is 2.65. The van der Waals surface area contributed by atoms with Crippen molar-refractivity contribution >= 4 is 40.7 Å². The van der Waals surface area contributed by atoms with Crippen LogP contribution in [0.1, 0.15) is 27.8 Å². The molecule has 0 bridgehead atoms. The molecule has 2 heterocycles. The van der Waals surface area contributed by atoms with E-state index in [1.165, 1.54) is 23.1 Å². The Morgan fingerprint density at radius 1 is 1.17 bits per heavy atom. The third kappa shape index (κ3) is 4.89. The molecule has 2 aromatic carbocycles. The summed E-state index contributed by atoms with van der Waals surface area (Å²) in [7, 11) is 0. The van der Waals surface area contributed by atoms with Crippen LogP contribution in [0.25, 0.3) is 10.6 Å². The number of halogens is 1. The van der Waals surface area contributed by atoms with Gasteiger partial charge in [-0.2, -0.15) is 4.98 Å². The number of aromatic nitrogens is 3. The number of nitrogens with zero attached hydrogens (tertiary/aromatic N) is 3. The van der Waals surface area contributed by atoms with E-state index in [1.54, 1.807) is 19.1 Å². The lowest BCUT2D eigenvalue weighted by molar-refractivity contribution is 0.0464. The predicted molar refractivity (Wildman–Crippen MR) is 117 cm³/mol. The summed E-state index contributed by atoms with van der Waals surface area (Å²) in [5, 5.41) is 7.07. The van der Waals surface area contributed by atoms with E-state index in [2.05, 4.69) is 15.1 Å². The van der Waals surface area contributed by atoms with Crippen LogP contribution < -0.4 is 0 Å². The average molecular weight is 458 g/mol. The van der Waals surface area contributed by atoms with Gasteiger partial charge in [0.2, 0.25) is 5.89 Å². The highest BCUT2D eigenvalue weighted by molar-refractivity contribution is 7.98. The van der Waals surface area contributed by atoms with Crippen molar-refractivity contribution in [2.75, 3.05) is 0 Å². The van der Waals surface area contributed by atoms with Crippen molar-refractivity contribution in [2.45, 2.75) is 24.2 Å². The summed E-state index contributed by atoms with van der Waals surface area (Å²) in [5.41, 5.74) is 2.02. The lowest BCUT2D eigenvalue weighted by Gasteiger charge is -2.08. The Hall–Kier alpha value is -2.68. The summed E-state index contributed by atoms with van der Waals surface area (Å²) in [4.78, 5) is 22.1. The van der Waals surface area contributed by atoms with Gasteiger partial charge in [0.05, 0.1) is 22.0 Å². The van der Waals surface area contributed by atoms with Gasteiger partial charge >= 0.3 is 5.97 Å². The molecule has 152 valence electrons. The summed E-state index contributed by atoms with van der Waals surface area (Å²) < 4.78 is 10.6. The SMILES string of the molecule is Cc1noc(CSc2ccccc2C(=O)OCc2csc(-c3ccccc3Cl)n2)n1. The Kier molecular flexibility index (Phi) is 6.47. The summed E-state index contributed by atoms with van der Waals surface area (Å²) in [6, 6.07) is 14.8. The van der Waals surface area contributed by atoms with Gasteiger partial charge in [0, 0.05) is 15.8 Å². The Bertz CT molecular complexity index is 1180. The molecule has 0 radical (unpaired) electrons. The zero-order valence-corrected chi connectivity index (χ0v) is 18.3. The number of carbonyl (C=O) groups is 1. The van der Waals surface area contributed by atoms with E-state index in [0.29, 0.717) is 33.7 Å². The highest BCUT2D eigenvalue weighted by Gasteiger charge is 2.15. The van der Waals surface area contributed by atoms with Crippen molar-refractivity contribution in [2.24, 2.45) is 0 Å². The number of carbonyl (C=O) groups excluding carboxylic acids is 1. The van der Waals surface area contributed by atoms with E-state index >= 15 is 0 Å². The molecule has 0 N–H and O–H groups in total. The normalized spacial score (nSPS) is 10.9. The third-order valence-electron chi connectivity index (χ3n) is 4.03. The van der Waals surface area contributed by atoms with Crippen LogP contribution in [0.4, 0.5) is 0 Å². The zero-order chi connectivity index (χ0) is 20.9. The highest BCUT2D eigenvalue weighted by Crippen LogP contribution is 2.30. The molecule has 9 heteroatoms. The summed E-state index contributed by atoms with van der Waals surface area (Å²) in [6.45, 7) is 1.85.